The molecule has 0 spiro atoms. The van der Waals surface area contributed by atoms with Crippen molar-refractivity contribution in [3.63, 3.8) is 0 Å². The molecule has 0 radical (unpaired) electrons. The van der Waals surface area contributed by atoms with Crippen LogP contribution in [0.2, 0.25) is 0 Å². The number of carbonyl (C=O) groups is 2. The highest BCUT2D eigenvalue weighted by Gasteiger charge is 2.15. The number of pyridine rings is 1. The molecule has 3 aromatic rings. The van der Waals surface area contributed by atoms with Gasteiger partial charge in [-0.1, -0.05) is 0 Å². The van der Waals surface area contributed by atoms with E-state index < -0.39 is 23.3 Å². The quantitative estimate of drug-likeness (QED) is 0.594. The summed E-state index contributed by atoms with van der Waals surface area (Å²) in [5, 5.41) is 5.57. The van der Waals surface area contributed by atoms with Gasteiger partial charge in [-0.3, -0.25) is 9.59 Å². The number of hydrogen-bond donors (Lipinski definition) is 3. The standard InChI is InChI=1S/C17H14FN5O4/c1-19-12-5-9(18)3-8-4-11(16(25)23-13(8)12)15(24)22-10-6-20-14(21-7-10)17(26)27-2/h3-7,19H,1-2H3,(H,22,24)(H,23,25). The number of anilines is 2. The second-order valence-corrected chi connectivity index (χ2v) is 5.42. The smallest absolute Gasteiger partial charge is 0.376 e. The van der Waals surface area contributed by atoms with Gasteiger partial charge in [0.25, 0.3) is 11.5 Å². The summed E-state index contributed by atoms with van der Waals surface area (Å²) < 4.78 is 18.2. The summed E-state index contributed by atoms with van der Waals surface area (Å²) >= 11 is 0. The van der Waals surface area contributed by atoms with Crippen LogP contribution in [0.1, 0.15) is 21.0 Å². The number of aromatic amines is 1. The fourth-order valence-corrected chi connectivity index (χ4v) is 2.44. The van der Waals surface area contributed by atoms with E-state index in [0.717, 1.165) is 0 Å². The van der Waals surface area contributed by atoms with Gasteiger partial charge in [-0.15, -0.1) is 0 Å². The van der Waals surface area contributed by atoms with Crippen LogP contribution in [0.25, 0.3) is 10.9 Å². The maximum Gasteiger partial charge on any atom is 0.376 e. The topological polar surface area (TPSA) is 126 Å². The lowest BCUT2D eigenvalue weighted by molar-refractivity contribution is 0.0586. The molecule has 1 aromatic carbocycles. The number of carbonyl (C=O) groups excluding carboxylic acids is 2. The van der Waals surface area contributed by atoms with Crippen molar-refractivity contribution in [1.29, 1.82) is 0 Å². The molecule has 0 aliphatic rings. The number of halogens is 1. The summed E-state index contributed by atoms with van der Waals surface area (Å²) in [7, 11) is 2.78. The molecular weight excluding hydrogens is 357 g/mol. The highest BCUT2D eigenvalue weighted by Crippen LogP contribution is 2.22. The molecule has 3 N–H and O–H groups in total. The molecule has 0 saturated heterocycles. The van der Waals surface area contributed by atoms with E-state index in [2.05, 4.69) is 30.3 Å². The lowest BCUT2D eigenvalue weighted by Gasteiger charge is -2.09. The minimum atomic E-state index is -0.733. The molecule has 138 valence electrons. The average Bonchev–Trinajstić information content (AvgIpc) is 2.67. The molecule has 0 atom stereocenters. The predicted octanol–water partition coefficient (Wildman–Crippen LogP) is 1.54. The number of aromatic nitrogens is 3. The fourth-order valence-electron chi connectivity index (χ4n) is 2.44. The number of nitrogens with zero attached hydrogens (tertiary/aromatic N) is 2. The Kier molecular flexibility index (Phi) is 4.79. The SMILES string of the molecule is CNc1cc(F)cc2cc(C(=O)Nc3cnc(C(=O)OC)nc3)c(=O)[nH]c12. The van der Waals surface area contributed by atoms with Gasteiger partial charge in [0.2, 0.25) is 5.82 Å². The summed E-state index contributed by atoms with van der Waals surface area (Å²) in [4.78, 5) is 46.1. The monoisotopic (exact) mass is 371 g/mol. The molecular formula is C17H14FN5O4. The number of rotatable bonds is 4. The summed E-state index contributed by atoms with van der Waals surface area (Å²) in [6.07, 6.45) is 2.40. The van der Waals surface area contributed by atoms with Crippen molar-refractivity contribution in [2.24, 2.45) is 0 Å². The highest BCUT2D eigenvalue weighted by molar-refractivity contribution is 6.06. The number of H-pyrrole nitrogens is 1. The van der Waals surface area contributed by atoms with Crippen LogP contribution in [0.4, 0.5) is 15.8 Å². The zero-order valence-corrected chi connectivity index (χ0v) is 14.3. The van der Waals surface area contributed by atoms with Crippen LogP contribution < -0.4 is 16.2 Å². The lowest BCUT2D eigenvalue weighted by Crippen LogP contribution is -2.23. The van der Waals surface area contributed by atoms with E-state index in [9.17, 15) is 18.8 Å². The Morgan fingerprint density at radius 2 is 1.89 bits per heavy atom. The van der Waals surface area contributed by atoms with Gasteiger partial charge in [0, 0.05) is 12.4 Å². The summed E-state index contributed by atoms with van der Waals surface area (Å²) in [5.74, 6) is -2.14. The Morgan fingerprint density at radius 1 is 1.19 bits per heavy atom. The first-order valence-corrected chi connectivity index (χ1v) is 7.69. The van der Waals surface area contributed by atoms with Crippen LogP contribution in [0.5, 0.6) is 0 Å². The molecule has 0 aliphatic heterocycles. The molecule has 2 aromatic heterocycles. The van der Waals surface area contributed by atoms with Gasteiger partial charge in [0.15, 0.2) is 0 Å². The van der Waals surface area contributed by atoms with E-state index in [-0.39, 0.29) is 17.1 Å². The molecule has 10 heteroatoms. The molecule has 3 rings (SSSR count). The number of ether oxygens (including phenoxy) is 1. The van der Waals surface area contributed by atoms with Gasteiger partial charge >= 0.3 is 5.97 Å². The predicted molar refractivity (Wildman–Crippen MR) is 95.4 cm³/mol. The zero-order chi connectivity index (χ0) is 19.6. The minimum absolute atomic E-state index is 0.169. The Morgan fingerprint density at radius 3 is 2.52 bits per heavy atom. The van der Waals surface area contributed by atoms with Gasteiger partial charge in [-0.05, 0) is 18.2 Å². The van der Waals surface area contributed by atoms with Crippen LogP contribution in [0.15, 0.2) is 35.4 Å². The molecule has 0 fully saturated rings. The molecule has 9 nitrogen and oxygen atoms in total. The number of benzene rings is 1. The van der Waals surface area contributed by atoms with Crippen molar-refractivity contribution in [2.45, 2.75) is 0 Å². The maximum atomic E-state index is 13.7. The van der Waals surface area contributed by atoms with Crippen molar-refractivity contribution in [1.82, 2.24) is 15.0 Å². The van der Waals surface area contributed by atoms with Gasteiger partial charge in [-0.2, -0.15) is 0 Å². The van der Waals surface area contributed by atoms with E-state index in [0.29, 0.717) is 16.6 Å². The van der Waals surface area contributed by atoms with Crippen LogP contribution in [0, 0.1) is 5.82 Å². The average molecular weight is 371 g/mol. The Balaban J connectivity index is 1.92. The van der Waals surface area contributed by atoms with Gasteiger partial charge < -0.3 is 20.4 Å². The summed E-state index contributed by atoms with van der Waals surface area (Å²) in [5.41, 5.74) is 0.0804. The largest absolute Gasteiger partial charge is 0.463 e. The second kappa shape index (κ2) is 7.20. The third kappa shape index (κ3) is 3.59. The van der Waals surface area contributed by atoms with Crippen molar-refractivity contribution in [3.05, 3.63) is 58.2 Å². The molecule has 0 bridgehead atoms. The third-order valence-electron chi connectivity index (χ3n) is 3.71. The lowest BCUT2D eigenvalue weighted by atomic mass is 10.1. The number of hydrogen-bond acceptors (Lipinski definition) is 7. The third-order valence-corrected chi connectivity index (χ3v) is 3.71. The second-order valence-electron chi connectivity index (χ2n) is 5.42. The van der Waals surface area contributed by atoms with Gasteiger partial charge in [0.1, 0.15) is 11.4 Å². The molecule has 27 heavy (non-hydrogen) atoms. The van der Waals surface area contributed by atoms with Gasteiger partial charge in [0.05, 0.1) is 36.4 Å². The van der Waals surface area contributed by atoms with Crippen molar-refractivity contribution in [3.8, 4) is 0 Å². The number of esters is 1. The van der Waals surface area contributed by atoms with E-state index in [4.69, 9.17) is 0 Å². The van der Waals surface area contributed by atoms with Crippen LogP contribution >= 0.6 is 0 Å². The maximum absolute atomic E-state index is 13.7. The van der Waals surface area contributed by atoms with Crippen LogP contribution in [-0.2, 0) is 4.74 Å². The Bertz CT molecular complexity index is 1090. The molecule has 0 aliphatic carbocycles. The van der Waals surface area contributed by atoms with Crippen LogP contribution in [-0.4, -0.2) is 41.0 Å². The molecule has 1 amide bonds. The number of methoxy groups -OCH3 is 1. The highest BCUT2D eigenvalue weighted by atomic mass is 19.1. The van der Waals surface area contributed by atoms with E-state index in [1.165, 1.54) is 37.7 Å². The van der Waals surface area contributed by atoms with Crippen molar-refractivity contribution in [2.75, 3.05) is 24.8 Å². The Hall–Kier alpha value is -3.82. The summed E-state index contributed by atoms with van der Waals surface area (Å²) in [6, 6.07) is 3.73. The van der Waals surface area contributed by atoms with E-state index in [1.807, 2.05) is 0 Å². The number of amides is 1. The zero-order valence-electron chi connectivity index (χ0n) is 14.3. The van der Waals surface area contributed by atoms with E-state index in [1.54, 1.807) is 7.05 Å². The normalized spacial score (nSPS) is 10.5. The van der Waals surface area contributed by atoms with E-state index >= 15 is 0 Å². The molecule has 2 heterocycles. The first-order valence-electron chi connectivity index (χ1n) is 7.69. The minimum Gasteiger partial charge on any atom is -0.463 e. The van der Waals surface area contributed by atoms with Crippen molar-refractivity contribution < 1.29 is 18.7 Å². The van der Waals surface area contributed by atoms with Crippen molar-refractivity contribution >= 4 is 34.2 Å². The molecule has 0 unspecified atom stereocenters. The number of nitrogens with one attached hydrogen (secondary N) is 3. The first kappa shape index (κ1) is 18.0. The molecule has 0 saturated carbocycles. The first-order chi connectivity index (χ1) is 12.9. The summed E-state index contributed by atoms with van der Waals surface area (Å²) in [6.45, 7) is 0. The Labute approximate surface area is 151 Å². The van der Waals surface area contributed by atoms with Gasteiger partial charge in [-0.25, -0.2) is 19.2 Å². The number of fused-ring (bicyclic) bond motifs is 1. The van der Waals surface area contributed by atoms with Crippen LogP contribution in [0.3, 0.4) is 0 Å². The fraction of sp³-hybridized carbons (Fsp3) is 0.118.